The zero-order chi connectivity index (χ0) is 17.8. The highest BCUT2D eigenvalue weighted by atomic mass is 16.5. The van der Waals surface area contributed by atoms with Crippen molar-refractivity contribution >= 4 is 12.0 Å². The number of hydrogen-bond acceptors (Lipinski definition) is 4. The van der Waals surface area contributed by atoms with Gasteiger partial charge in [-0.15, -0.1) is 0 Å². The minimum atomic E-state index is 0.0193. The number of ether oxygens (including phenoxy) is 2. The topological polar surface area (TPSA) is 50.8 Å². The molecule has 2 aliphatic heterocycles. The summed E-state index contributed by atoms with van der Waals surface area (Å²) in [7, 11) is 3.51. The summed E-state index contributed by atoms with van der Waals surface area (Å²) >= 11 is 0. The second kappa shape index (κ2) is 7.91. The van der Waals surface area contributed by atoms with Crippen LogP contribution < -0.4 is 14.8 Å². The first kappa shape index (κ1) is 17.8. The van der Waals surface area contributed by atoms with E-state index in [0.29, 0.717) is 29.6 Å². The lowest BCUT2D eigenvalue weighted by molar-refractivity contribution is -0.134. The maximum atomic E-state index is 12.5. The number of hydrogen-bond donors (Lipinski definition) is 1. The van der Waals surface area contributed by atoms with E-state index in [1.54, 1.807) is 7.11 Å². The number of methoxy groups -OCH3 is 1. The van der Waals surface area contributed by atoms with Crippen molar-refractivity contribution < 1.29 is 14.3 Å². The average molecular weight is 344 g/mol. The minimum Gasteiger partial charge on any atom is -0.493 e. The SMILES string of the molecule is C/C=C/c1ccc(OCC(=O)N(C)C2CC3CCC(C2)N3)c(OC)c1. The summed E-state index contributed by atoms with van der Waals surface area (Å²) in [6, 6.07) is 7.17. The molecule has 2 aliphatic rings. The van der Waals surface area contributed by atoms with Crippen LogP contribution in [0.2, 0.25) is 0 Å². The maximum Gasteiger partial charge on any atom is 0.260 e. The van der Waals surface area contributed by atoms with Gasteiger partial charge in [-0.05, 0) is 50.3 Å². The average Bonchev–Trinajstić information content (AvgIpc) is 2.97. The van der Waals surface area contributed by atoms with Crippen LogP contribution in [0.1, 0.15) is 38.2 Å². The highest BCUT2D eigenvalue weighted by Gasteiger charge is 2.36. The molecule has 5 heteroatoms. The maximum absolute atomic E-state index is 12.5. The first-order valence-electron chi connectivity index (χ1n) is 9.06. The first-order chi connectivity index (χ1) is 12.1. The molecule has 1 amide bonds. The summed E-state index contributed by atoms with van der Waals surface area (Å²) in [6.07, 6.45) is 8.52. The van der Waals surface area contributed by atoms with E-state index in [9.17, 15) is 4.79 Å². The molecular weight excluding hydrogens is 316 g/mol. The zero-order valence-corrected chi connectivity index (χ0v) is 15.3. The third-order valence-electron chi connectivity index (χ3n) is 5.29. The number of rotatable bonds is 6. The van der Waals surface area contributed by atoms with E-state index < -0.39 is 0 Å². The van der Waals surface area contributed by atoms with Gasteiger partial charge in [0.05, 0.1) is 7.11 Å². The predicted octanol–water partition coefficient (Wildman–Crippen LogP) is 2.85. The fourth-order valence-corrected chi connectivity index (χ4v) is 3.89. The largest absolute Gasteiger partial charge is 0.493 e. The molecule has 2 unspecified atom stereocenters. The third kappa shape index (κ3) is 4.15. The molecule has 25 heavy (non-hydrogen) atoms. The number of amides is 1. The number of likely N-dealkylation sites (N-methyl/N-ethyl adjacent to an activating group) is 1. The summed E-state index contributed by atoms with van der Waals surface area (Å²) in [5, 5.41) is 3.61. The molecule has 2 bridgehead atoms. The number of nitrogens with one attached hydrogen (secondary N) is 1. The summed E-state index contributed by atoms with van der Waals surface area (Å²) in [5.74, 6) is 1.26. The third-order valence-corrected chi connectivity index (χ3v) is 5.29. The summed E-state index contributed by atoms with van der Waals surface area (Å²) in [4.78, 5) is 14.4. The molecule has 2 atom stereocenters. The lowest BCUT2D eigenvalue weighted by atomic mass is 9.98. The zero-order valence-electron chi connectivity index (χ0n) is 15.3. The molecular formula is C20H28N2O3. The van der Waals surface area contributed by atoms with E-state index in [2.05, 4.69) is 5.32 Å². The van der Waals surface area contributed by atoms with Crippen LogP contribution in [0.4, 0.5) is 0 Å². The van der Waals surface area contributed by atoms with Crippen LogP contribution in [0.15, 0.2) is 24.3 Å². The normalized spacial score (nSPS) is 25.2. The molecule has 0 aromatic heterocycles. The molecule has 0 aliphatic carbocycles. The lowest BCUT2D eigenvalue weighted by Crippen LogP contribution is -2.49. The quantitative estimate of drug-likeness (QED) is 0.862. The van der Waals surface area contributed by atoms with Gasteiger partial charge in [-0.1, -0.05) is 18.2 Å². The Balaban J connectivity index is 1.58. The molecule has 2 saturated heterocycles. The van der Waals surface area contributed by atoms with Crippen molar-refractivity contribution in [3.8, 4) is 11.5 Å². The van der Waals surface area contributed by atoms with Crippen LogP contribution in [0, 0.1) is 0 Å². The molecule has 5 nitrogen and oxygen atoms in total. The monoisotopic (exact) mass is 344 g/mol. The summed E-state index contributed by atoms with van der Waals surface area (Å²) in [5.41, 5.74) is 1.04. The van der Waals surface area contributed by atoms with Gasteiger partial charge in [0, 0.05) is 25.2 Å². The van der Waals surface area contributed by atoms with Crippen molar-refractivity contribution in [2.45, 2.75) is 50.7 Å². The van der Waals surface area contributed by atoms with E-state index in [0.717, 1.165) is 18.4 Å². The molecule has 1 aromatic carbocycles. The molecule has 136 valence electrons. The Hall–Kier alpha value is -2.01. The number of carbonyl (C=O) groups is 1. The second-order valence-electron chi connectivity index (χ2n) is 6.97. The van der Waals surface area contributed by atoms with Crippen LogP contribution in [-0.2, 0) is 4.79 Å². The fraction of sp³-hybridized carbons (Fsp3) is 0.550. The number of piperidine rings is 1. The van der Waals surface area contributed by atoms with Crippen LogP contribution in [0.3, 0.4) is 0 Å². The molecule has 1 aromatic rings. The first-order valence-corrected chi connectivity index (χ1v) is 9.06. The van der Waals surface area contributed by atoms with Gasteiger partial charge in [-0.25, -0.2) is 0 Å². The minimum absolute atomic E-state index is 0.0193. The van der Waals surface area contributed by atoms with Crippen molar-refractivity contribution in [3.63, 3.8) is 0 Å². The predicted molar refractivity (Wildman–Crippen MR) is 98.9 cm³/mol. The van der Waals surface area contributed by atoms with Gasteiger partial charge < -0.3 is 19.7 Å². The van der Waals surface area contributed by atoms with Crippen molar-refractivity contribution in [2.75, 3.05) is 20.8 Å². The second-order valence-corrected chi connectivity index (χ2v) is 6.97. The van der Waals surface area contributed by atoms with Gasteiger partial charge in [-0.3, -0.25) is 4.79 Å². The standard InChI is InChI=1S/C20H28N2O3/c1-4-5-14-6-9-18(19(10-14)24-3)25-13-20(23)22(2)17-11-15-7-8-16(12-17)21-15/h4-6,9-10,15-17,21H,7-8,11-13H2,1-3H3/b5-4+. The van der Waals surface area contributed by atoms with E-state index in [1.165, 1.54) is 12.8 Å². The molecule has 3 rings (SSSR count). The van der Waals surface area contributed by atoms with Crippen molar-refractivity contribution in [1.82, 2.24) is 10.2 Å². The van der Waals surface area contributed by atoms with Gasteiger partial charge in [0.1, 0.15) is 0 Å². The van der Waals surface area contributed by atoms with Crippen molar-refractivity contribution in [1.29, 1.82) is 0 Å². The van der Waals surface area contributed by atoms with Crippen molar-refractivity contribution in [2.24, 2.45) is 0 Å². The Morgan fingerprint density at radius 1 is 1.28 bits per heavy atom. The molecule has 1 N–H and O–H groups in total. The van der Waals surface area contributed by atoms with E-state index in [-0.39, 0.29) is 12.5 Å². The Morgan fingerprint density at radius 2 is 2.00 bits per heavy atom. The highest BCUT2D eigenvalue weighted by Crippen LogP contribution is 2.30. The van der Waals surface area contributed by atoms with E-state index in [1.807, 2.05) is 49.2 Å². The van der Waals surface area contributed by atoms with Gasteiger partial charge in [0.15, 0.2) is 18.1 Å². The van der Waals surface area contributed by atoms with Gasteiger partial charge >= 0.3 is 0 Å². The van der Waals surface area contributed by atoms with Crippen molar-refractivity contribution in [3.05, 3.63) is 29.8 Å². The number of nitrogens with zero attached hydrogens (tertiary/aromatic N) is 1. The van der Waals surface area contributed by atoms with E-state index >= 15 is 0 Å². The Labute approximate surface area is 150 Å². The number of carbonyl (C=O) groups excluding carboxylic acids is 1. The smallest absolute Gasteiger partial charge is 0.260 e. The van der Waals surface area contributed by atoms with Crippen LogP contribution >= 0.6 is 0 Å². The Kier molecular flexibility index (Phi) is 5.63. The Morgan fingerprint density at radius 3 is 2.64 bits per heavy atom. The molecule has 2 heterocycles. The number of benzene rings is 1. The summed E-state index contributed by atoms with van der Waals surface area (Å²) in [6.45, 7) is 2.01. The van der Waals surface area contributed by atoms with Gasteiger partial charge in [-0.2, -0.15) is 0 Å². The summed E-state index contributed by atoms with van der Waals surface area (Å²) < 4.78 is 11.1. The molecule has 2 fully saturated rings. The van der Waals surface area contributed by atoms with E-state index in [4.69, 9.17) is 9.47 Å². The van der Waals surface area contributed by atoms with Crippen LogP contribution in [-0.4, -0.2) is 49.7 Å². The lowest BCUT2D eigenvalue weighted by Gasteiger charge is -2.35. The molecule has 0 saturated carbocycles. The molecule has 0 radical (unpaired) electrons. The number of allylic oxidation sites excluding steroid dienone is 1. The van der Waals surface area contributed by atoms with Crippen LogP contribution in [0.5, 0.6) is 11.5 Å². The highest BCUT2D eigenvalue weighted by molar-refractivity contribution is 5.78. The number of fused-ring (bicyclic) bond motifs is 2. The fourth-order valence-electron chi connectivity index (χ4n) is 3.89. The molecule has 0 spiro atoms. The van der Waals surface area contributed by atoms with Gasteiger partial charge in [0.25, 0.3) is 5.91 Å². The van der Waals surface area contributed by atoms with Crippen LogP contribution in [0.25, 0.3) is 6.08 Å². The van der Waals surface area contributed by atoms with Gasteiger partial charge in [0.2, 0.25) is 0 Å². The Bertz CT molecular complexity index is 632.